The molecule has 24 heavy (non-hydrogen) atoms. The zero-order valence-corrected chi connectivity index (χ0v) is 14.3. The van der Waals surface area contributed by atoms with E-state index in [9.17, 15) is 14.4 Å². The van der Waals surface area contributed by atoms with Crippen LogP contribution in [0.4, 0.5) is 0 Å². The van der Waals surface area contributed by atoms with Crippen molar-refractivity contribution in [2.24, 2.45) is 0 Å². The number of hydrogen-bond acceptors (Lipinski definition) is 6. The number of nitrogens with zero attached hydrogens (tertiary/aromatic N) is 2. The second kappa shape index (κ2) is 8.49. The van der Waals surface area contributed by atoms with Gasteiger partial charge in [-0.2, -0.15) is 11.8 Å². The molecule has 0 fully saturated rings. The number of ether oxygens (including phenoxy) is 1. The molecule has 1 amide bonds. The molecular weight excluding hydrogens is 330 g/mol. The van der Waals surface area contributed by atoms with Gasteiger partial charge in [0.1, 0.15) is 12.6 Å². The summed E-state index contributed by atoms with van der Waals surface area (Å²) in [6.45, 7) is -0.205. The molecule has 0 spiro atoms. The minimum absolute atomic E-state index is 0.205. The minimum Gasteiger partial charge on any atom is -0.467 e. The average molecular weight is 349 g/mol. The molecule has 128 valence electrons. The highest BCUT2D eigenvalue weighted by Gasteiger charge is 2.21. The molecule has 1 aromatic carbocycles. The van der Waals surface area contributed by atoms with Crippen LogP contribution in [-0.2, 0) is 20.9 Å². The van der Waals surface area contributed by atoms with Crippen LogP contribution in [0.3, 0.4) is 0 Å². The standard InChI is InChI=1S/C16H19N3O4S/c1-23-16(22)13(7-8-24-2)18-14(20)9-19-10-17-12-6-4-3-5-11(12)15(19)21/h3-6,10,13H,7-9H2,1-2H3,(H,18,20)/t13-/m1/s1. The SMILES string of the molecule is COC(=O)[C@@H](CCSC)NC(=O)Cn1cnc2ccccc2c1=O. The van der Waals surface area contributed by atoms with Crippen molar-refractivity contribution in [3.63, 3.8) is 0 Å². The molecule has 0 aliphatic rings. The van der Waals surface area contributed by atoms with Crippen molar-refractivity contribution in [1.82, 2.24) is 14.9 Å². The van der Waals surface area contributed by atoms with Gasteiger partial charge in [0, 0.05) is 0 Å². The number of fused-ring (bicyclic) bond motifs is 1. The number of benzene rings is 1. The topological polar surface area (TPSA) is 90.3 Å². The van der Waals surface area contributed by atoms with Crippen molar-refractivity contribution < 1.29 is 14.3 Å². The summed E-state index contributed by atoms with van der Waals surface area (Å²) in [6.07, 6.45) is 3.71. The van der Waals surface area contributed by atoms with Crippen LogP contribution in [0.15, 0.2) is 35.4 Å². The van der Waals surface area contributed by atoms with Gasteiger partial charge in [-0.1, -0.05) is 12.1 Å². The van der Waals surface area contributed by atoms with Crippen LogP contribution in [0.1, 0.15) is 6.42 Å². The number of hydrogen-bond donors (Lipinski definition) is 1. The quantitative estimate of drug-likeness (QED) is 0.744. The zero-order chi connectivity index (χ0) is 17.5. The Morgan fingerprint density at radius 2 is 2.12 bits per heavy atom. The van der Waals surface area contributed by atoms with Gasteiger partial charge in [0.15, 0.2) is 0 Å². The first-order valence-corrected chi connectivity index (χ1v) is 8.76. The van der Waals surface area contributed by atoms with E-state index >= 15 is 0 Å². The van der Waals surface area contributed by atoms with Gasteiger partial charge in [0.05, 0.1) is 24.3 Å². The number of carbonyl (C=O) groups excluding carboxylic acids is 2. The zero-order valence-electron chi connectivity index (χ0n) is 13.5. The van der Waals surface area contributed by atoms with Gasteiger partial charge >= 0.3 is 5.97 Å². The molecule has 0 saturated carbocycles. The second-order valence-electron chi connectivity index (χ2n) is 5.12. The highest BCUT2D eigenvalue weighted by Crippen LogP contribution is 2.05. The van der Waals surface area contributed by atoms with E-state index in [0.717, 1.165) is 0 Å². The van der Waals surface area contributed by atoms with E-state index in [0.29, 0.717) is 23.1 Å². The van der Waals surface area contributed by atoms with Gasteiger partial charge in [-0.3, -0.25) is 14.2 Å². The maximum absolute atomic E-state index is 12.4. The fraction of sp³-hybridized carbons (Fsp3) is 0.375. The first-order chi connectivity index (χ1) is 11.6. The summed E-state index contributed by atoms with van der Waals surface area (Å²) in [6, 6.07) is 6.20. The Morgan fingerprint density at radius 3 is 2.83 bits per heavy atom. The Labute approximate surface area is 143 Å². The highest BCUT2D eigenvalue weighted by molar-refractivity contribution is 7.98. The maximum atomic E-state index is 12.4. The summed E-state index contributed by atoms with van der Waals surface area (Å²) < 4.78 is 5.92. The monoisotopic (exact) mass is 349 g/mol. The molecule has 1 atom stereocenters. The number of carbonyl (C=O) groups is 2. The lowest BCUT2D eigenvalue weighted by molar-refractivity contribution is -0.145. The summed E-state index contributed by atoms with van der Waals surface area (Å²) in [7, 11) is 1.28. The van der Waals surface area contributed by atoms with Crippen molar-refractivity contribution in [3.8, 4) is 0 Å². The molecule has 0 unspecified atom stereocenters. The Balaban J connectivity index is 2.12. The van der Waals surface area contributed by atoms with E-state index in [1.54, 1.807) is 36.0 Å². The van der Waals surface area contributed by atoms with E-state index in [2.05, 4.69) is 10.3 Å². The third-order valence-corrected chi connectivity index (χ3v) is 4.12. The number of nitrogens with one attached hydrogen (secondary N) is 1. The van der Waals surface area contributed by atoms with Crippen molar-refractivity contribution in [3.05, 3.63) is 40.9 Å². The van der Waals surface area contributed by atoms with Crippen LogP contribution >= 0.6 is 11.8 Å². The van der Waals surface area contributed by atoms with Gasteiger partial charge in [-0.15, -0.1) is 0 Å². The highest BCUT2D eigenvalue weighted by atomic mass is 32.2. The van der Waals surface area contributed by atoms with Crippen molar-refractivity contribution in [1.29, 1.82) is 0 Å². The van der Waals surface area contributed by atoms with Gasteiger partial charge in [0.2, 0.25) is 5.91 Å². The third-order valence-electron chi connectivity index (χ3n) is 3.48. The number of methoxy groups -OCH3 is 1. The number of aromatic nitrogens is 2. The molecule has 0 aliphatic heterocycles. The lowest BCUT2D eigenvalue weighted by Crippen LogP contribution is -2.44. The Bertz CT molecular complexity index is 790. The summed E-state index contributed by atoms with van der Waals surface area (Å²) in [5.74, 6) is -0.232. The fourth-order valence-electron chi connectivity index (χ4n) is 2.24. The Hall–Kier alpha value is -2.35. The lowest BCUT2D eigenvalue weighted by Gasteiger charge is -2.16. The molecule has 0 aliphatic carbocycles. The van der Waals surface area contributed by atoms with E-state index in [-0.39, 0.29) is 12.1 Å². The molecule has 8 heteroatoms. The van der Waals surface area contributed by atoms with Gasteiger partial charge in [0.25, 0.3) is 5.56 Å². The van der Waals surface area contributed by atoms with Crippen LogP contribution in [0, 0.1) is 0 Å². The van der Waals surface area contributed by atoms with Gasteiger partial charge in [-0.25, -0.2) is 9.78 Å². The maximum Gasteiger partial charge on any atom is 0.328 e. The summed E-state index contributed by atoms with van der Waals surface area (Å²) in [5, 5.41) is 3.06. The molecular formula is C16H19N3O4S. The van der Waals surface area contributed by atoms with Crippen LogP contribution in [0.5, 0.6) is 0 Å². The van der Waals surface area contributed by atoms with E-state index < -0.39 is 17.9 Å². The number of amides is 1. The Morgan fingerprint density at radius 1 is 1.38 bits per heavy atom. The number of esters is 1. The average Bonchev–Trinajstić information content (AvgIpc) is 2.60. The summed E-state index contributed by atoms with van der Waals surface area (Å²) >= 11 is 1.57. The van der Waals surface area contributed by atoms with E-state index in [1.807, 2.05) is 6.26 Å². The Kier molecular flexibility index (Phi) is 6.36. The fourth-order valence-corrected chi connectivity index (χ4v) is 2.71. The molecule has 1 N–H and O–H groups in total. The lowest BCUT2D eigenvalue weighted by atomic mass is 10.2. The summed E-state index contributed by atoms with van der Waals surface area (Å²) in [5.41, 5.74) is 0.279. The van der Waals surface area contributed by atoms with Crippen LogP contribution < -0.4 is 10.9 Å². The molecule has 1 aromatic heterocycles. The van der Waals surface area contributed by atoms with Gasteiger partial charge < -0.3 is 10.1 Å². The third kappa shape index (κ3) is 4.35. The first kappa shape index (κ1) is 18.0. The molecule has 2 aromatic rings. The first-order valence-electron chi connectivity index (χ1n) is 7.37. The molecule has 0 bridgehead atoms. The van der Waals surface area contributed by atoms with Crippen molar-refractivity contribution in [2.75, 3.05) is 19.1 Å². The van der Waals surface area contributed by atoms with Gasteiger partial charge in [-0.05, 0) is 30.6 Å². The molecule has 2 rings (SSSR count). The summed E-state index contributed by atoms with van der Waals surface area (Å²) in [4.78, 5) is 40.4. The normalized spacial score (nSPS) is 11.9. The van der Waals surface area contributed by atoms with Crippen molar-refractivity contribution >= 4 is 34.5 Å². The van der Waals surface area contributed by atoms with Crippen molar-refractivity contribution in [2.45, 2.75) is 19.0 Å². The van der Waals surface area contributed by atoms with Crippen LogP contribution in [0.25, 0.3) is 10.9 Å². The largest absolute Gasteiger partial charge is 0.467 e. The predicted molar refractivity (Wildman–Crippen MR) is 92.9 cm³/mol. The predicted octanol–water partition coefficient (Wildman–Crippen LogP) is 0.807. The van der Waals surface area contributed by atoms with Crippen LogP contribution in [0.2, 0.25) is 0 Å². The molecule has 0 saturated heterocycles. The van der Waals surface area contributed by atoms with E-state index in [4.69, 9.17) is 4.74 Å². The van der Waals surface area contributed by atoms with E-state index in [1.165, 1.54) is 18.0 Å². The smallest absolute Gasteiger partial charge is 0.328 e. The number of para-hydroxylation sites is 1. The number of thioether (sulfide) groups is 1. The minimum atomic E-state index is -0.723. The molecule has 1 heterocycles. The molecule has 0 radical (unpaired) electrons. The second-order valence-corrected chi connectivity index (χ2v) is 6.11. The van der Waals surface area contributed by atoms with Crippen LogP contribution in [-0.4, -0.2) is 46.6 Å². The molecule has 7 nitrogen and oxygen atoms in total. The number of rotatable bonds is 7.